The number of rotatable bonds is 3. The molecule has 154 valence electrons. The van der Waals surface area contributed by atoms with Crippen molar-refractivity contribution < 1.29 is 9.18 Å². The zero-order chi connectivity index (χ0) is 20.5. The Labute approximate surface area is 170 Å². The largest absolute Gasteiger partial charge is 0.368 e. The summed E-state index contributed by atoms with van der Waals surface area (Å²) in [6.45, 7) is 7.89. The van der Waals surface area contributed by atoms with Gasteiger partial charge < -0.3 is 20.4 Å². The number of aromatic nitrogens is 2. The number of carbonyl (C=O) groups excluding carboxylic acids is 1. The van der Waals surface area contributed by atoms with Crippen molar-refractivity contribution in [2.75, 3.05) is 49.1 Å². The molecular weight excluding hydrogens is 371 g/mol. The van der Waals surface area contributed by atoms with Gasteiger partial charge in [-0.2, -0.15) is 0 Å². The first-order chi connectivity index (χ1) is 13.9. The molecule has 2 aromatic rings. The van der Waals surface area contributed by atoms with E-state index < -0.39 is 0 Å². The summed E-state index contributed by atoms with van der Waals surface area (Å²) in [4.78, 5) is 28.2. The summed E-state index contributed by atoms with van der Waals surface area (Å²) in [5.41, 5.74) is 8.70. The van der Waals surface area contributed by atoms with Crippen LogP contribution >= 0.6 is 0 Å². The summed E-state index contributed by atoms with van der Waals surface area (Å²) >= 11 is 0. The van der Waals surface area contributed by atoms with E-state index in [9.17, 15) is 9.18 Å². The molecule has 2 aliphatic rings. The van der Waals surface area contributed by atoms with E-state index in [1.807, 2.05) is 19.9 Å². The Morgan fingerprint density at radius 2 is 1.86 bits per heavy atom. The van der Waals surface area contributed by atoms with Crippen LogP contribution < -0.4 is 15.5 Å². The fourth-order valence-electron chi connectivity index (χ4n) is 3.98. The average Bonchev–Trinajstić information content (AvgIpc) is 3.15. The van der Waals surface area contributed by atoms with Crippen molar-refractivity contribution in [1.29, 1.82) is 0 Å². The average molecular weight is 398 g/mol. The fourth-order valence-corrected chi connectivity index (χ4v) is 3.98. The first kappa shape index (κ1) is 19.6. The van der Waals surface area contributed by atoms with Gasteiger partial charge in [-0.05, 0) is 38.5 Å². The van der Waals surface area contributed by atoms with Crippen molar-refractivity contribution in [3.05, 3.63) is 47.2 Å². The summed E-state index contributed by atoms with van der Waals surface area (Å²) in [7, 11) is 0. The number of hydrogen-bond donors (Lipinski definition) is 1. The van der Waals surface area contributed by atoms with Gasteiger partial charge in [-0.3, -0.25) is 4.79 Å². The maximum Gasteiger partial charge on any atom is 0.291 e. The normalized spacial score (nSPS) is 19.7. The van der Waals surface area contributed by atoms with E-state index >= 15 is 0 Å². The van der Waals surface area contributed by atoms with E-state index in [0.717, 1.165) is 42.3 Å². The van der Waals surface area contributed by atoms with Crippen LogP contribution in [0, 0.1) is 19.7 Å². The monoisotopic (exact) mass is 398 g/mol. The number of nitrogens with zero attached hydrogens (tertiary/aromatic N) is 5. The molecule has 1 amide bonds. The first-order valence-electron chi connectivity index (χ1n) is 10.1. The molecular formula is C21H27FN6O. The van der Waals surface area contributed by atoms with Crippen LogP contribution in [0.4, 0.5) is 15.9 Å². The van der Waals surface area contributed by atoms with Crippen molar-refractivity contribution in [2.45, 2.75) is 26.3 Å². The second-order valence-corrected chi connectivity index (χ2v) is 7.84. The third-order valence-electron chi connectivity index (χ3n) is 5.82. The quantitative estimate of drug-likeness (QED) is 0.849. The summed E-state index contributed by atoms with van der Waals surface area (Å²) in [6, 6.07) is 6.69. The van der Waals surface area contributed by atoms with Gasteiger partial charge >= 0.3 is 0 Å². The summed E-state index contributed by atoms with van der Waals surface area (Å²) in [5.74, 6) is 0.644. The fraction of sp³-hybridized carbons (Fsp3) is 0.476. The van der Waals surface area contributed by atoms with Crippen molar-refractivity contribution >= 4 is 17.4 Å². The molecule has 0 radical (unpaired) electrons. The number of nitrogens with two attached hydrogens (primary N) is 1. The van der Waals surface area contributed by atoms with E-state index in [1.165, 1.54) is 12.1 Å². The summed E-state index contributed by atoms with van der Waals surface area (Å²) in [5, 5.41) is 0. The highest BCUT2D eigenvalue weighted by molar-refractivity contribution is 5.91. The van der Waals surface area contributed by atoms with Crippen LogP contribution in [0.5, 0.6) is 0 Å². The topological polar surface area (TPSA) is 78.6 Å². The summed E-state index contributed by atoms with van der Waals surface area (Å²) < 4.78 is 13.5. The van der Waals surface area contributed by atoms with Gasteiger partial charge in [-0.25, -0.2) is 14.4 Å². The number of halogens is 1. The van der Waals surface area contributed by atoms with E-state index in [0.29, 0.717) is 26.2 Å². The minimum Gasteiger partial charge on any atom is -0.368 e. The second-order valence-electron chi connectivity index (χ2n) is 7.84. The predicted octanol–water partition coefficient (Wildman–Crippen LogP) is 1.73. The highest BCUT2D eigenvalue weighted by Gasteiger charge is 2.28. The first-order valence-corrected chi connectivity index (χ1v) is 10.1. The van der Waals surface area contributed by atoms with Crippen LogP contribution in [-0.4, -0.2) is 66.1 Å². The Hall–Kier alpha value is -2.74. The Kier molecular flexibility index (Phi) is 5.36. The van der Waals surface area contributed by atoms with E-state index in [2.05, 4.69) is 19.8 Å². The zero-order valence-corrected chi connectivity index (χ0v) is 16.9. The minimum atomic E-state index is -0.251. The molecule has 7 nitrogen and oxygen atoms in total. The molecule has 29 heavy (non-hydrogen) atoms. The van der Waals surface area contributed by atoms with Gasteiger partial charge in [-0.1, -0.05) is 6.07 Å². The van der Waals surface area contributed by atoms with Crippen molar-refractivity contribution in [2.24, 2.45) is 5.73 Å². The van der Waals surface area contributed by atoms with Gasteiger partial charge in [0.25, 0.3) is 5.91 Å². The van der Waals surface area contributed by atoms with Gasteiger partial charge in [0, 0.05) is 62.3 Å². The molecule has 8 heteroatoms. The zero-order valence-electron chi connectivity index (χ0n) is 16.9. The third-order valence-corrected chi connectivity index (χ3v) is 5.82. The number of benzene rings is 1. The van der Waals surface area contributed by atoms with Crippen LogP contribution in [0.1, 0.15) is 28.3 Å². The lowest BCUT2D eigenvalue weighted by Gasteiger charge is -2.36. The Bertz CT molecular complexity index is 912. The highest BCUT2D eigenvalue weighted by Crippen LogP contribution is 2.24. The Morgan fingerprint density at radius 1 is 1.10 bits per heavy atom. The minimum absolute atomic E-state index is 0.139. The highest BCUT2D eigenvalue weighted by atomic mass is 19.1. The van der Waals surface area contributed by atoms with Crippen molar-refractivity contribution in [3.63, 3.8) is 0 Å². The van der Waals surface area contributed by atoms with Gasteiger partial charge in [0.1, 0.15) is 11.6 Å². The maximum atomic E-state index is 13.5. The number of hydrogen-bond acceptors (Lipinski definition) is 6. The molecule has 1 atom stereocenters. The lowest BCUT2D eigenvalue weighted by Crippen LogP contribution is -2.49. The molecule has 1 aromatic heterocycles. The molecule has 0 spiro atoms. The van der Waals surface area contributed by atoms with E-state index in [1.54, 1.807) is 11.0 Å². The molecule has 0 unspecified atom stereocenters. The number of piperazine rings is 1. The molecule has 0 bridgehead atoms. The van der Waals surface area contributed by atoms with Crippen LogP contribution in [0.3, 0.4) is 0 Å². The Morgan fingerprint density at radius 3 is 2.52 bits per heavy atom. The molecule has 2 fully saturated rings. The van der Waals surface area contributed by atoms with E-state index in [4.69, 9.17) is 5.73 Å². The van der Waals surface area contributed by atoms with E-state index in [-0.39, 0.29) is 23.6 Å². The third kappa shape index (κ3) is 4.03. The number of aryl methyl sites for hydroxylation is 1. The lowest BCUT2D eigenvalue weighted by atomic mass is 10.2. The van der Waals surface area contributed by atoms with Gasteiger partial charge in [-0.15, -0.1) is 0 Å². The molecule has 2 aliphatic heterocycles. The van der Waals surface area contributed by atoms with Crippen LogP contribution in [0.15, 0.2) is 24.3 Å². The van der Waals surface area contributed by atoms with Gasteiger partial charge in [0.2, 0.25) is 5.82 Å². The number of carbonyl (C=O) groups is 1. The molecule has 0 aliphatic carbocycles. The molecule has 0 saturated carbocycles. The molecule has 2 N–H and O–H groups in total. The van der Waals surface area contributed by atoms with Crippen LogP contribution in [-0.2, 0) is 0 Å². The number of amides is 1. The summed E-state index contributed by atoms with van der Waals surface area (Å²) in [6.07, 6.45) is 0.924. The van der Waals surface area contributed by atoms with Crippen LogP contribution in [0.25, 0.3) is 0 Å². The molecule has 2 saturated heterocycles. The number of anilines is 2. The SMILES string of the molecule is Cc1nc(C(=O)N2CCN(c3cccc(F)c3)CC2)nc(N2CC[C@@H](N)C2)c1C. The maximum absolute atomic E-state index is 13.5. The molecule has 1 aromatic carbocycles. The lowest BCUT2D eigenvalue weighted by molar-refractivity contribution is 0.0734. The second kappa shape index (κ2) is 7.94. The van der Waals surface area contributed by atoms with Crippen LogP contribution in [0.2, 0.25) is 0 Å². The van der Waals surface area contributed by atoms with Gasteiger partial charge in [0.15, 0.2) is 0 Å². The van der Waals surface area contributed by atoms with Crippen molar-refractivity contribution in [1.82, 2.24) is 14.9 Å². The predicted molar refractivity (Wildman–Crippen MR) is 111 cm³/mol. The Balaban J connectivity index is 1.48. The van der Waals surface area contributed by atoms with Crippen molar-refractivity contribution in [3.8, 4) is 0 Å². The molecule has 3 heterocycles. The van der Waals surface area contributed by atoms with Gasteiger partial charge in [0.05, 0.1) is 0 Å². The smallest absolute Gasteiger partial charge is 0.291 e. The standard InChI is InChI=1S/C21H27FN6O/c1-14-15(2)24-19(25-20(14)28-7-6-17(23)13-28)21(29)27-10-8-26(9-11-27)18-5-3-4-16(22)12-18/h3-5,12,17H,6-11,13,23H2,1-2H3/t17-/m1/s1. The molecule has 4 rings (SSSR count).